The molecule has 0 atom stereocenters. The summed E-state index contributed by atoms with van der Waals surface area (Å²) < 4.78 is 7.53. The van der Waals surface area contributed by atoms with Crippen molar-refractivity contribution in [1.82, 2.24) is 29.5 Å². The van der Waals surface area contributed by atoms with Gasteiger partial charge in [0.2, 0.25) is 11.9 Å². The fraction of sp³-hybridized carbons (Fsp3) is 0.217. The highest BCUT2D eigenvalue weighted by Crippen LogP contribution is 2.28. The lowest BCUT2D eigenvalue weighted by atomic mass is 10.1. The van der Waals surface area contributed by atoms with Gasteiger partial charge in [0.15, 0.2) is 5.82 Å². The molecule has 1 aliphatic heterocycles. The number of aryl methyl sites for hydroxylation is 1. The Labute approximate surface area is 178 Å². The number of morpholine rings is 1. The van der Waals surface area contributed by atoms with Gasteiger partial charge in [-0.2, -0.15) is 15.0 Å². The predicted molar refractivity (Wildman–Crippen MR) is 120 cm³/mol. The van der Waals surface area contributed by atoms with E-state index in [1.54, 1.807) is 0 Å². The second-order valence-electron chi connectivity index (χ2n) is 7.59. The van der Waals surface area contributed by atoms with Crippen LogP contribution in [0.25, 0.3) is 39.3 Å². The Morgan fingerprint density at radius 2 is 1.71 bits per heavy atom. The van der Waals surface area contributed by atoms with Gasteiger partial charge < -0.3 is 14.6 Å². The number of fused-ring (bicyclic) bond motifs is 2. The fourth-order valence-electron chi connectivity index (χ4n) is 4.16. The van der Waals surface area contributed by atoms with Crippen molar-refractivity contribution in [1.29, 1.82) is 0 Å². The third kappa shape index (κ3) is 3.03. The van der Waals surface area contributed by atoms with Crippen LogP contribution in [0.15, 0.2) is 54.7 Å². The summed E-state index contributed by atoms with van der Waals surface area (Å²) in [5.74, 6) is 2.72. The molecule has 0 radical (unpaired) electrons. The van der Waals surface area contributed by atoms with Gasteiger partial charge >= 0.3 is 0 Å². The van der Waals surface area contributed by atoms with Crippen LogP contribution in [0.4, 0.5) is 5.95 Å². The number of hydrogen-bond acceptors (Lipinski definition) is 6. The molecule has 0 unspecified atom stereocenters. The topological polar surface area (TPSA) is 84.8 Å². The highest BCUT2D eigenvalue weighted by molar-refractivity contribution is 5.93. The fourth-order valence-corrected chi connectivity index (χ4v) is 4.16. The minimum absolute atomic E-state index is 0.574. The van der Waals surface area contributed by atoms with E-state index < -0.39 is 0 Å². The van der Waals surface area contributed by atoms with E-state index in [2.05, 4.69) is 28.1 Å². The van der Waals surface area contributed by atoms with Crippen molar-refractivity contribution in [3.8, 4) is 17.3 Å². The van der Waals surface area contributed by atoms with Gasteiger partial charge in [0.05, 0.1) is 24.2 Å². The maximum atomic E-state index is 5.53. The van der Waals surface area contributed by atoms with Crippen LogP contribution in [-0.4, -0.2) is 55.8 Å². The minimum atomic E-state index is 0.574. The van der Waals surface area contributed by atoms with Gasteiger partial charge in [-0.25, -0.2) is 4.98 Å². The van der Waals surface area contributed by atoms with Gasteiger partial charge in [-0.3, -0.25) is 4.57 Å². The van der Waals surface area contributed by atoms with E-state index in [-0.39, 0.29) is 0 Å². The molecule has 3 aromatic heterocycles. The highest BCUT2D eigenvalue weighted by Gasteiger charge is 2.20. The summed E-state index contributed by atoms with van der Waals surface area (Å²) >= 11 is 0. The molecule has 2 aromatic carbocycles. The Balaban J connectivity index is 1.60. The smallest absolute Gasteiger partial charge is 0.241 e. The Morgan fingerprint density at radius 1 is 0.871 bits per heavy atom. The number of imidazole rings is 1. The quantitative estimate of drug-likeness (QED) is 0.489. The molecule has 31 heavy (non-hydrogen) atoms. The van der Waals surface area contributed by atoms with Crippen molar-refractivity contribution in [3.05, 3.63) is 60.6 Å². The molecule has 8 nitrogen and oxygen atoms in total. The van der Waals surface area contributed by atoms with Gasteiger partial charge in [0.25, 0.3) is 0 Å². The largest absolute Gasteiger partial charge is 0.378 e. The lowest BCUT2D eigenvalue weighted by Crippen LogP contribution is -2.37. The second kappa shape index (κ2) is 7.17. The number of benzene rings is 2. The molecule has 0 saturated carbocycles. The minimum Gasteiger partial charge on any atom is -0.378 e. The summed E-state index contributed by atoms with van der Waals surface area (Å²) in [6, 6.07) is 16.2. The zero-order valence-electron chi connectivity index (χ0n) is 17.1. The summed E-state index contributed by atoms with van der Waals surface area (Å²) in [5, 5.41) is 1.08. The first-order chi connectivity index (χ1) is 15.3. The average Bonchev–Trinajstić information content (AvgIpc) is 3.42. The Hall–Kier alpha value is -3.78. The molecular weight excluding hydrogens is 390 g/mol. The first-order valence-corrected chi connectivity index (χ1v) is 10.4. The summed E-state index contributed by atoms with van der Waals surface area (Å²) in [4.78, 5) is 24.8. The van der Waals surface area contributed by atoms with Crippen LogP contribution in [-0.2, 0) is 4.74 Å². The number of ether oxygens (including phenoxy) is 1. The van der Waals surface area contributed by atoms with Gasteiger partial charge in [0.1, 0.15) is 5.82 Å². The molecule has 0 bridgehead atoms. The third-order valence-electron chi connectivity index (χ3n) is 5.67. The SMILES string of the molecule is Cc1nc2ccccc2n1-c1nc(-c2cccc3[nH]ccc23)nc(N2CCOCC2)n1. The first kappa shape index (κ1) is 18.0. The van der Waals surface area contributed by atoms with E-state index in [0.29, 0.717) is 30.9 Å². The van der Waals surface area contributed by atoms with Crippen molar-refractivity contribution in [3.63, 3.8) is 0 Å². The van der Waals surface area contributed by atoms with Crippen molar-refractivity contribution < 1.29 is 4.74 Å². The maximum absolute atomic E-state index is 5.53. The molecule has 4 heterocycles. The number of anilines is 1. The molecule has 0 amide bonds. The van der Waals surface area contributed by atoms with Gasteiger partial charge in [-0.15, -0.1) is 0 Å². The molecule has 5 aromatic rings. The van der Waals surface area contributed by atoms with Crippen LogP contribution < -0.4 is 4.90 Å². The van der Waals surface area contributed by atoms with Crippen LogP contribution in [0.1, 0.15) is 5.82 Å². The zero-order valence-corrected chi connectivity index (χ0v) is 17.1. The monoisotopic (exact) mass is 411 g/mol. The average molecular weight is 411 g/mol. The maximum Gasteiger partial charge on any atom is 0.241 e. The van der Waals surface area contributed by atoms with Crippen molar-refractivity contribution in [2.75, 3.05) is 31.2 Å². The van der Waals surface area contributed by atoms with Crippen LogP contribution in [0.2, 0.25) is 0 Å². The molecule has 8 heteroatoms. The molecule has 154 valence electrons. The number of rotatable bonds is 3. The molecule has 0 spiro atoms. The summed E-state index contributed by atoms with van der Waals surface area (Å²) in [7, 11) is 0. The van der Waals surface area contributed by atoms with E-state index in [1.807, 2.05) is 48.0 Å². The number of aromatic nitrogens is 6. The zero-order chi connectivity index (χ0) is 20.8. The van der Waals surface area contributed by atoms with E-state index >= 15 is 0 Å². The summed E-state index contributed by atoms with van der Waals surface area (Å²) in [5.41, 5.74) is 3.92. The Morgan fingerprint density at radius 3 is 2.61 bits per heavy atom. The van der Waals surface area contributed by atoms with E-state index in [9.17, 15) is 0 Å². The molecule has 1 N–H and O–H groups in total. The van der Waals surface area contributed by atoms with Crippen LogP contribution in [0.5, 0.6) is 0 Å². The second-order valence-corrected chi connectivity index (χ2v) is 7.59. The Kier molecular flexibility index (Phi) is 4.17. The van der Waals surface area contributed by atoms with E-state index in [0.717, 1.165) is 46.4 Å². The van der Waals surface area contributed by atoms with Gasteiger partial charge in [-0.05, 0) is 31.2 Å². The number of H-pyrrole nitrogens is 1. The molecule has 1 fully saturated rings. The molecule has 0 aliphatic carbocycles. The number of para-hydroxylation sites is 2. The number of nitrogens with zero attached hydrogens (tertiary/aromatic N) is 6. The van der Waals surface area contributed by atoms with E-state index in [4.69, 9.17) is 24.7 Å². The first-order valence-electron chi connectivity index (χ1n) is 10.4. The van der Waals surface area contributed by atoms with Crippen molar-refractivity contribution in [2.45, 2.75) is 6.92 Å². The van der Waals surface area contributed by atoms with Gasteiger partial charge in [0, 0.05) is 35.8 Å². The highest BCUT2D eigenvalue weighted by atomic mass is 16.5. The molecule has 6 rings (SSSR count). The van der Waals surface area contributed by atoms with Crippen molar-refractivity contribution >= 4 is 27.9 Å². The molecule has 1 aliphatic rings. The van der Waals surface area contributed by atoms with E-state index in [1.165, 1.54) is 0 Å². The number of hydrogen-bond donors (Lipinski definition) is 1. The van der Waals surface area contributed by atoms with Crippen LogP contribution >= 0.6 is 0 Å². The normalized spacial score (nSPS) is 14.5. The number of aromatic amines is 1. The van der Waals surface area contributed by atoms with Crippen LogP contribution in [0, 0.1) is 6.92 Å². The number of nitrogens with one attached hydrogen (secondary N) is 1. The standard InChI is InChI=1S/C23H21N7O/c1-15-25-19-6-2-3-8-20(19)30(15)23-27-21(17-5-4-7-18-16(17)9-10-24-18)26-22(28-23)29-11-13-31-14-12-29/h2-10,24H,11-14H2,1H3. The third-order valence-corrected chi connectivity index (χ3v) is 5.67. The predicted octanol–water partition coefficient (Wildman–Crippen LogP) is 3.50. The molecule has 1 saturated heterocycles. The lowest BCUT2D eigenvalue weighted by molar-refractivity contribution is 0.122. The van der Waals surface area contributed by atoms with Crippen LogP contribution in [0.3, 0.4) is 0 Å². The summed E-state index contributed by atoms with van der Waals surface area (Å²) in [6.07, 6.45) is 1.94. The Bertz CT molecular complexity index is 1400. The van der Waals surface area contributed by atoms with Gasteiger partial charge in [-0.1, -0.05) is 24.3 Å². The molecular formula is C23H21N7O. The lowest BCUT2D eigenvalue weighted by Gasteiger charge is -2.27. The summed E-state index contributed by atoms with van der Waals surface area (Å²) in [6.45, 7) is 4.81. The van der Waals surface area contributed by atoms with Crippen molar-refractivity contribution in [2.24, 2.45) is 0 Å².